The largest absolute Gasteiger partial charge is 0.494 e. The van der Waals surface area contributed by atoms with Crippen LogP contribution in [0.4, 0.5) is 0 Å². The molecule has 18 heavy (non-hydrogen) atoms. The van der Waals surface area contributed by atoms with Gasteiger partial charge in [-0.15, -0.1) is 0 Å². The minimum atomic E-state index is 0.261. The Bertz CT molecular complexity index is 385. The quantitative estimate of drug-likeness (QED) is 0.497. The zero-order chi connectivity index (χ0) is 13.2. The summed E-state index contributed by atoms with van der Waals surface area (Å²) in [6.45, 7) is 2.28. The van der Waals surface area contributed by atoms with Crippen molar-refractivity contribution >= 4 is 12.1 Å². The Kier molecular flexibility index (Phi) is 6.77. The van der Waals surface area contributed by atoms with Gasteiger partial charge in [-0.2, -0.15) is 0 Å². The smallest absolute Gasteiger partial charge is 0.150 e. The molecule has 1 aromatic rings. The number of hydrogen-bond donors (Lipinski definition) is 0. The molecule has 0 bridgehead atoms. The molecule has 0 aliphatic heterocycles. The normalized spacial score (nSPS) is 10.1. The van der Waals surface area contributed by atoms with E-state index in [0.29, 0.717) is 18.6 Å². The van der Waals surface area contributed by atoms with Crippen LogP contribution in [0.1, 0.15) is 49.4 Å². The van der Waals surface area contributed by atoms with Crippen LogP contribution in [0.2, 0.25) is 0 Å². The predicted molar refractivity (Wildman–Crippen MR) is 71.1 cm³/mol. The van der Waals surface area contributed by atoms with E-state index in [1.165, 1.54) is 0 Å². The molecule has 0 spiro atoms. The third-order valence-corrected chi connectivity index (χ3v) is 2.69. The summed E-state index contributed by atoms with van der Waals surface area (Å²) in [4.78, 5) is 21.3. The molecule has 0 fully saturated rings. The SMILES string of the molecule is CC(=O)CCCCCCOc1cccc(C=O)c1. The molecule has 0 N–H and O–H groups in total. The van der Waals surface area contributed by atoms with Crippen molar-refractivity contribution in [2.24, 2.45) is 0 Å². The predicted octanol–water partition coefficient (Wildman–Crippen LogP) is 3.42. The van der Waals surface area contributed by atoms with Gasteiger partial charge in [-0.3, -0.25) is 4.79 Å². The van der Waals surface area contributed by atoms with Crippen LogP contribution in [0.5, 0.6) is 5.75 Å². The van der Waals surface area contributed by atoms with Crippen LogP contribution < -0.4 is 4.74 Å². The first-order valence-electron chi connectivity index (χ1n) is 6.40. The number of carbonyl (C=O) groups is 2. The number of aldehydes is 1. The highest BCUT2D eigenvalue weighted by molar-refractivity contribution is 5.75. The lowest BCUT2D eigenvalue weighted by atomic mass is 10.1. The van der Waals surface area contributed by atoms with E-state index in [4.69, 9.17) is 4.74 Å². The van der Waals surface area contributed by atoms with Crippen LogP contribution in [-0.2, 0) is 4.79 Å². The molecule has 3 heteroatoms. The summed E-state index contributed by atoms with van der Waals surface area (Å²) in [5.41, 5.74) is 0.633. The summed E-state index contributed by atoms with van der Waals surface area (Å²) in [5.74, 6) is 1.00. The summed E-state index contributed by atoms with van der Waals surface area (Å²) in [5, 5.41) is 0. The molecule has 0 aliphatic carbocycles. The molecule has 0 aliphatic rings. The molecule has 0 saturated carbocycles. The Hall–Kier alpha value is -1.64. The second-order valence-electron chi connectivity index (χ2n) is 4.41. The van der Waals surface area contributed by atoms with Gasteiger partial charge in [-0.25, -0.2) is 0 Å². The topological polar surface area (TPSA) is 43.4 Å². The average Bonchev–Trinajstić information content (AvgIpc) is 2.37. The Morgan fingerprint density at radius 2 is 2.00 bits per heavy atom. The zero-order valence-corrected chi connectivity index (χ0v) is 10.9. The first-order valence-corrected chi connectivity index (χ1v) is 6.40. The molecule has 3 nitrogen and oxygen atoms in total. The van der Waals surface area contributed by atoms with Crippen molar-refractivity contribution in [3.63, 3.8) is 0 Å². The fraction of sp³-hybridized carbons (Fsp3) is 0.467. The second-order valence-corrected chi connectivity index (χ2v) is 4.41. The van der Waals surface area contributed by atoms with Gasteiger partial charge in [0.05, 0.1) is 6.61 Å². The minimum Gasteiger partial charge on any atom is -0.494 e. The highest BCUT2D eigenvalue weighted by Crippen LogP contribution is 2.13. The monoisotopic (exact) mass is 248 g/mol. The minimum absolute atomic E-state index is 0.261. The van der Waals surface area contributed by atoms with Crippen molar-refractivity contribution in [1.29, 1.82) is 0 Å². The van der Waals surface area contributed by atoms with Crippen LogP contribution in [0.25, 0.3) is 0 Å². The third kappa shape index (κ3) is 6.18. The van der Waals surface area contributed by atoms with E-state index in [9.17, 15) is 9.59 Å². The molecule has 0 aromatic heterocycles. The molecular weight excluding hydrogens is 228 g/mol. The van der Waals surface area contributed by atoms with Crippen LogP contribution in [0.15, 0.2) is 24.3 Å². The molecule has 98 valence electrons. The molecule has 0 saturated heterocycles. The standard InChI is InChI=1S/C15H20O3/c1-13(17)7-4-2-3-5-10-18-15-9-6-8-14(11-15)12-16/h6,8-9,11-12H,2-5,7,10H2,1H3. The summed E-state index contributed by atoms with van der Waals surface area (Å²) < 4.78 is 5.55. The first-order chi connectivity index (χ1) is 8.72. The number of ketones is 1. The van der Waals surface area contributed by atoms with Crippen molar-refractivity contribution in [2.45, 2.75) is 39.0 Å². The van der Waals surface area contributed by atoms with Crippen molar-refractivity contribution < 1.29 is 14.3 Å². The number of hydrogen-bond acceptors (Lipinski definition) is 3. The summed E-state index contributed by atoms with van der Waals surface area (Å²) in [6, 6.07) is 7.15. The van der Waals surface area contributed by atoms with E-state index >= 15 is 0 Å². The summed E-state index contributed by atoms with van der Waals surface area (Å²) in [7, 11) is 0. The van der Waals surface area contributed by atoms with Gasteiger partial charge in [0, 0.05) is 12.0 Å². The second kappa shape index (κ2) is 8.45. The summed E-state index contributed by atoms with van der Waals surface area (Å²) in [6.07, 6.45) is 5.58. The van der Waals surface area contributed by atoms with E-state index in [1.54, 1.807) is 19.1 Å². The van der Waals surface area contributed by atoms with Gasteiger partial charge < -0.3 is 9.53 Å². The Morgan fingerprint density at radius 1 is 1.22 bits per heavy atom. The van der Waals surface area contributed by atoms with Gasteiger partial charge in [-0.1, -0.05) is 25.0 Å². The highest BCUT2D eigenvalue weighted by Gasteiger charge is 1.97. The Labute approximate surface area is 108 Å². The van der Waals surface area contributed by atoms with Gasteiger partial charge in [0.15, 0.2) is 0 Å². The summed E-state index contributed by atoms with van der Waals surface area (Å²) >= 11 is 0. The highest BCUT2D eigenvalue weighted by atomic mass is 16.5. The Morgan fingerprint density at radius 3 is 2.72 bits per heavy atom. The third-order valence-electron chi connectivity index (χ3n) is 2.69. The van der Waals surface area contributed by atoms with Crippen LogP contribution in [0.3, 0.4) is 0 Å². The maximum absolute atomic E-state index is 10.7. The van der Waals surface area contributed by atoms with E-state index in [-0.39, 0.29) is 5.78 Å². The fourth-order valence-electron chi connectivity index (χ4n) is 1.70. The first kappa shape index (κ1) is 14.4. The van der Waals surface area contributed by atoms with Crippen LogP contribution in [0, 0.1) is 0 Å². The number of Topliss-reactive ketones (excluding diaryl/α,β-unsaturated/α-hetero) is 1. The van der Waals surface area contributed by atoms with E-state index in [1.807, 2.05) is 12.1 Å². The molecule has 0 atom stereocenters. The molecular formula is C15H20O3. The lowest BCUT2D eigenvalue weighted by Crippen LogP contribution is -1.98. The number of rotatable bonds is 9. The van der Waals surface area contributed by atoms with Gasteiger partial charge in [-0.05, 0) is 31.9 Å². The van der Waals surface area contributed by atoms with Crippen LogP contribution in [-0.4, -0.2) is 18.7 Å². The van der Waals surface area contributed by atoms with Gasteiger partial charge in [0.25, 0.3) is 0 Å². The lowest BCUT2D eigenvalue weighted by molar-refractivity contribution is -0.117. The van der Waals surface area contributed by atoms with Crippen molar-refractivity contribution in [2.75, 3.05) is 6.61 Å². The van der Waals surface area contributed by atoms with Crippen molar-refractivity contribution in [3.8, 4) is 5.75 Å². The molecule has 1 rings (SSSR count). The van der Waals surface area contributed by atoms with Crippen LogP contribution >= 0.6 is 0 Å². The van der Waals surface area contributed by atoms with E-state index in [2.05, 4.69) is 0 Å². The number of carbonyl (C=O) groups excluding carboxylic acids is 2. The molecule has 0 amide bonds. The number of unbranched alkanes of at least 4 members (excludes halogenated alkanes) is 3. The van der Waals surface area contributed by atoms with E-state index in [0.717, 1.165) is 37.7 Å². The average molecular weight is 248 g/mol. The molecule has 0 heterocycles. The molecule has 0 radical (unpaired) electrons. The van der Waals surface area contributed by atoms with Crippen molar-refractivity contribution in [3.05, 3.63) is 29.8 Å². The molecule has 1 aromatic carbocycles. The van der Waals surface area contributed by atoms with Gasteiger partial charge in [0.2, 0.25) is 0 Å². The Balaban J connectivity index is 2.10. The van der Waals surface area contributed by atoms with Gasteiger partial charge in [0.1, 0.15) is 17.8 Å². The maximum atomic E-state index is 10.7. The van der Waals surface area contributed by atoms with Crippen molar-refractivity contribution in [1.82, 2.24) is 0 Å². The zero-order valence-electron chi connectivity index (χ0n) is 10.9. The fourth-order valence-corrected chi connectivity index (χ4v) is 1.70. The van der Waals surface area contributed by atoms with E-state index < -0.39 is 0 Å². The molecule has 0 unspecified atom stereocenters. The number of ether oxygens (including phenoxy) is 1. The maximum Gasteiger partial charge on any atom is 0.150 e. The van der Waals surface area contributed by atoms with Gasteiger partial charge >= 0.3 is 0 Å². The number of benzene rings is 1. The lowest BCUT2D eigenvalue weighted by Gasteiger charge is -2.06.